The summed E-state index contributed by atoms with van der Waals surface area (Å²) in [5, 5.41) is 0. The van der Waals surface area contributed by atoms with Crippen molar-refractivity contribution in [3.05, 3.63) is 0 Å². The zero-order valence-electron chi connectivity index (χ0n) is 8.17. The average Bonchev–Trinajstić information content (AvgIpc) is 2.13. The first kappa shape index (κ1) is 10.2. The lowest BCUT2D eigenvalue weighted by Crippen LogP contribution is -2.46. The van der Waals surface area contributed by atoms with Crippen molar-refractivity contribution in [1.29, 1.82) is 0 Å². The van der Waals surface area contributed by atoms with Crippen LogP contribution < -0.4 is 0 Å². The molecule has 0 aromatic carbocycles. The van der Waals surface area contributed by atoms with E-state index in [1.54, 1.807) is 0 Å². The maximum absolute atomic E-state index is 4.50. The molecular weight excluding hydrogens is 198 g/mol. The van der Waals surface area contributed by atoms with Gasteiger partial charge in [0.05, 0.1) is 0 Å². The number of thiol groups is 1. The topological polar surface area (TPSA) is 3.24 Å². The molecule has 76 valence electrons. The Labute approximate surface area is 91.1 Å². The normalized spacial score (nSPS) is 28.4. The second-order valence-corrected chi connectivity index (χ2v) is 5.94. The molecule has 0 radical (unpaired) electrons. The highest BCUT2D eigenvalue weighted by Gasteiger charge is 2.37. The van der Waals surface area contributed by atoms with E-state index in [1.807, 2.05) is 0 Å². The van der Waals surface area contributed by atoms with Gasteiger partial charge in [-0.15, -0.1) is 0 Å². The van der Waals surface area contributed by atoms with Gasteiger partial charge in [-0.25, -0.2) is 0 Å². The smallest absolute Gasteiger partial charge is 0.00729 e. The lowest BCUT2D eigenvalue weighted by atomic mass is 9.70. The molecule has 1 heterocycles. The summed E-state index contributed by atoms with van der Waals surface area (Å²) in [5.74, 6) is 3.77. The van der Waals surface area contributed by atoms with E-state index in [9.17, 15) is 0 Å². The zero-order chi connectivity index (χ0) is 9.15. The monoisotopic (exact) mass is 217 g/mol. The van der Waals surface area contributed by atoms with Crippen molar-refractivity contribution in [3.8, 4) is 0 Å². The van der Waals surface area contributed by atoms with Gasteiger partial charge in [0, 0.05) is 31.1 Å². The number of hydrogen-bond donors (Lipinski definition) is 1. The van der Waals surface area contributed by atoms with Gasteiger partial charge in [-0.1, -0.05) is 6.42 Å². The fraction of sp³-hybridized carbons (Fsp3) is 1.00. The van der Waals surface area contributed by atoms with E-state index in [4.69, 9.17) is 0 Å². The maximum atomic E-state index is 4.50. The van der Waals surface area contributed by atoms with Crippen LogP contribution in [0.5, 0.6) is 0 Å². The number of nitrogens with zero attached hydrogens (tertiary/aromatic N) is 1. The van der Waals surface area contributed by atoms with Gasteiger partial charge in [-0.2, -0.15) is 24.4 Å². The molecule has 0 aromatic heterocycles. The summed E-state index contributed by atoms with van der Waals surface area (Å²) < 4.78 is 0. The molecule has 0 aromatic rings. The van der Waals surface area contributed by atoms with E-state index in [0.717, 1.165) is 5.75 Å². The van der Waals surface area contributed by atoms with Crippen LogP contribution in [0.25, 0.3) is 0 Å². The van der Waals surface area contributed by atoms with E-state index in [0.29, 0.717) is 5.41 Å². The minimum atomic E-state index is 0.602. The van der Waals surface area contributed by atoms with Crippen molar-refractivity contribution >= 4 is 24.4 Å². The van der Waals surface area contributed by atoms with E-state index < -0.39 is 0 Å². The fourth-order valence-corrected chi connectivity index (χ4v) is 3.67. The minimum Gasteiger partial charge on any atom is -0.301 e. The van der Waals surface area contributed by atoms with Crippen molar-refractivity contribution < 1.29 is 0 Å². The molecule has 13 heavy (non-hydrogen) atoms. The lowest BCUT2D eigenvalue weighted by molar-refractivity contribution is 0.0963. The van der Waals surface area contributed by atoms with Crippen LogP contribution in [0.15, 0.2) is 0 Å². The molecule has 1 nitrogen and oxygen atoms in total. The number of rotatable bonds is 3. The molecule has 1 aliphatic heterocycles. The van der Waals surface area contributed by atoms with Gasteiger partial charge >= 0.3 is 0 Å². The van der Waals surface area contributed by atoms with Crippen LogP contribution >= 0.6 is 24.4 Å². The molecule has 1 saturated heterocycles. The molecule has 0 unspecified atom stereocenters. The third kappa shape index (κ3) is 2.37. The van der Waals surface area contributed by atoms with Gasteiger partial charge in [0.15, 0.2) is 0 Å². The largest absolute Gasteiger partial charge is 0.301 e. The highest BCUT2D eigenvalue weighted by molar-refractivity contribution is 7.99. The Bertz CT molecular complexity index is 157. The summed E-state index contributed by atoms with van der Waals surface area (Å²) in [6.45, 7) is 3.93. The molecule has 2 aliphatic rings. The molecule has 0 spiro atoms. The number of thioether (sulfide) groups is 1. The van der Waals surface area contributed by atoms with Gasteiger partial charge in [-0.3, -0.25) is 0 Å². The summed E-state index contributed by atoms with van der Waals surface area (Å²) in [7, 11) is 0. The second kappa shape index (κ2) is 4.45. The summed E-state index contributed by atoms with van der Waals surface area (Å²) in [6, 6.07) is 0. The first-order valence-corrected chi connectivity index (χ1v) is 7.04. The summed E-state index contributed by atoms with van der Waals surface area (Å²) in [5.41, 5.74) is 0.602. The highest BCUT2D eigenvalue weighted by atomic mass is 32.2. The van der Waals surface area contributed by atoms with Crippen LogP contribution in [0.1, 0.15) is 19.3 Å². The lowest BCUT2D eigenvalue weighted by Gasteiger charge is -2.45. The van der Waals surface area contributed by atoms with Crippen molar-refractivity contribution in [1.82, 2.24) is 4.90 Å². The Morgan fingerprint density at radius 3 is 2.38 bits per heavy atom. The van der Waals surface area contributed by atoms with Crippen LogP contribution in [-0.2, 0) is 0 Å². The van der Waals surface area contributed by atoms with E-state index in [2.05, 4.69) is 29.3 Å². The van der Waals surface area contributed by atoms with Crippen LogP contribution in [0.3, 0.4) is 0 Å². The predicted molar refractivity (Wildman–Crippen MR) is 63.9 cm³/mol. The summed E-state index contributed by atoms with van der Waals surface area (Å²) >= 11 is 6.60. The molecule has 1 saturated carbocycles. The fourth-order valence-electron chi connectivity index (χ4n) is 2.28. The van der Waals surface area contributed by atoms with Crippen LogP contribution in [-0.4, -0.2) is 41.8 Å². The quantitative estimate of drug-likeness (QED) is 0.722. The average molecular weight is 217 g/mol. The molecule has 0 atom stereocenters. The molecule has 0 amide bonds. The van der Waals surface area contributed by atoms with E-state index in [1.165, 1.54) is 50.4 Å². The molecule has 3 heteroatoms. The van der Waals surface area contributed by atoms with Crippen LogP contribution in [0.2, 0.25) is 0 Å². The van der Waals surface area contributed by atoms with Gasteiger partial charge in [0.2, 0.25) is 0 Å². The van der Waals surface area contributed by atoms with Crippen molar-refractivity contribution in [2.24, 2.45) is 5.41 Å². The molecule has 1 aliphatic carbocycles. The Morgan fingerprint density at radius 1 is 1.23 bits per heavy atom. The SMILES string of the molecule is SCC1(CN2CCSCC2)CCC1. The van der Waals surface area contributed by atoms with Gasteiger partial charge in [-0.05, 0) is 24.0 Å². The van der Waals surface area contributed by atoms with Crippen LogP contribution in [0, 0.1) is 5.41 Å². The van der Waals surface area contributed by atoms with Gasteiger partial charge in [0.25, 0.3) is 0 Å². The zero-order valence-corrected chi connectivity index (χ0v) is 9.88. The Morgan fingerprint density at radius 2 is 1.92 bits per heavy atom. The van der Waals surface area contributed by atoms with E-state index in [-0.39, 0.29) is 0 Å². The minimum absolute atomic E-state index is 0.602. The first-order chi connectivity index (χ1) is 6.35. The number of hydrogen-bond acceptors (Lipinski definition) is 3. The molecular formula is C10H19NS2. The Kier molecular flexibility index (Phi) is 3.49. The third-order valence-electron chi connectivity index (χ3n) is 3.41. The maximum Gasteiger partial charge on any atom is 0.00729 e. The van der Waals surface area contributed by atoms with Crippen molar-refractivity contribution in [2.45, 2.75) is 19.3 Å². The molecule has 2 rings (SSSR count). The van der Waals surface area contributed by atoms with Gasteiger partial charge < -0.3 is 4.90 Å². The molecule has 2 fully saturated rings. The van der Waals surface area contributed by atoms with Crippen molar-refractivity contribution in [2.75, 3.05) is 36.9 Å². The Hall–Kier alpha value is 0.660. The van der Waals surface area contributed by atoms with Crippen molar-refractivity contribution in [3.63, 3.8) is 0 Å². The first-order valence-electron chi connectivity index (χ1n) is 5.26. The Balaban J connectivity index is 1.81. The molecule has 0 bridgehead atoms. The van der Waals surface area contributed by atoms with Crippen LogP contribution in [0.4, 0.5) is 0 Å². The summed E-state index contributed by atoms with van der Waals surface area (Å²) in [4.78, 5) is 2.64. The van der Waals surface area contributed by atoms with E-state index >= 15 is 0 Å². The second-order valence-electron chi connectivity index (χ2n) is 4.40. The highest BCUT2D eigenvalue weighted by Crippen LogP contribution is 2.42. The standard InChI is InChI=1S/C10H19NS2/c12-9-10(2-1-3-10)8-11-4-6-13-7-5-11/h12H,1-9H2. The predicted octanol–water partition coefficient (Wildman–Crippen LogP) is 2.14. The summed E-state index contributed by atoms with van der Waals surface area (Å²) in [6.07, 6.45) is 4.27. The third-order valence-corrected chi connectivity index (χ3v) is 5.03. The molecule has 0 N–H and O–H groups in total. The van der Waals surface area contributed by atoms with Gasteiger partial charge in [0.1, 0.15) is 0 Å².